The average Bonchev–Trinajstić information content (AvgIpc) is 2.69. The molecule has 4 bridgehead atoms. The van der Waals surface area contributed by atoms with Crippen LogP contribution in [0.3, 0.4) is 0 Å². The molecule has 4 saturated carbocycles. The molecule has 1 amide bonds. The molecular weight excluding hydrogens is 386 g/mol. The number of aliphatic hydroxyl groups is 1. The van der Waals surface area contributed by atoms with E-state index in [1.807, 2.05) is 13.0 Å². The van der Waals surface area contributed by atoms with Gasteiger partial charge in [-0.05, 0) is 99.6 Å². The van der Waals surface area contributed by atoms with Gasteiger partial charge in [-0.2, -0.15) is 0 Å². The summed E-state index contributed by atoms with van der Waals surface area (Å²) in [5.74, 6) is 2.56. The Balaban J connectivity index is 1.32. The summed E-state index contributed by atoms with van der Waals surface area (Å²) in [7, 11) is 0. The zero-order valence-corrected chi connectivity index (χ0v) is 18.2. The molecule has 160 valence electrons. The second kappa shape index (κ2) is 8.91. The Kier molecular flexibility index (Phi) is 6.47. The summed E-state index contributed by atoms with van der Waals surface area (Å²) in [6.07, 6.45) is 11.6. The Bertz CT molecular complexity index is 704. The van der Waals surface area contributed by atoms with Gasteiger partial charge in [0, 0.05) is 18.8 Å². The molecule has 1 aromatic rings. The molecule has 6 heteroatoms. The third-order valence-corrected chi connectivity index (χ3v) is 7.64. The molecule has 0 aromatic carbocycles. The van der Waals surface area contributed by atoms with E-state index in [1.165, 1.54) is 38.5 Å². The van der Waals surface area contributed by atoms with Crippen LogP contribution in [0.4, 0.5) is 0 Å². The summed E-state index contributed by atoms with van der Waals surface area (Å²) >= 11 is 6.26. The molecule has 4 aliphatic rings. The number of aryl methyl sites for hydroxylation is 1. The van der Waals surface area contributed by atoms with E-state index < -0.39 is 0 Å². The van der Waals surface area contributed by atoms with Crippen molar-refractivity contribution < 1.29 is 9.90 Å². The van der Waals surface area contributed by atoms with Gasteiger partial charge in [-0.3, -0.25) is 4.79 Å². The Labute approximate surface area is 179 Å². The van der Waals surface area contributed by atoms with Gasteiger partial charge < -0.3 is 15.7 Å². The minimum absolute atomic E-state index is 0.0906. The standard InChI is InChI=1S/C23H34ClN3O2/c1-15(13-28)25-4-2-3-16-8-20(21(24)26-12-16)22(29)27-14-23-9-17-5-18(10-23)7-19(6-17)11-23/h8,12,15,17-19,25,28H,2-7,9-11,13-14H2,1H3,(H,27,29). The number of carbonyl (C=O) groups excluding carboxylic acids is 1. The fraction of sp³-hybridized carbons (Fsp3) is 0.739. The van der Waals surface area contributed by atoms with Crippen LogP contribution in [0.15, 0.2) is 12.3 Å². The number of hydrogen-bond donors (Lipinski definition) is 3. The van der Waals surface area contributed by atoms with Crippen molar-refractivity contribution in [2.24, 2.45) is 23.2 Å². The quantitative estimate of drug-likeness (QED) is 0.422. The predicted octanol–water partition coefficient (Wildman–Crippen LogP) is 3.58. The summed E-state index contributed by atoms with van der Waals surface area (Å²) in [5.41, 5.74) is 1.83. The number of aromatic nitrogens is 1. The van der Waals surface area contributed by atoms with Gasteiger partial charge in [-0.15, -0.1) is 0 Å². The van der Waals surface area contributed by atoms with Crippen LogP contribution < -0.4 is 10.6 Å². The van der Waals surface area contributed by atoms with Crippen molar-refractivity contribution in [3.8, 4) is 0 Å². The molecule has 0 radical (unpaired) electrons. The molecule has 29 heavy (non-hydrogen) atoms. The zero-order valence-electron chi connectivity index (χ0n) is 17.4. The van der Waals surface area contributed by atoms with Crippen LogP contribution in [-0.2, 0) is 6.42 Å². The highest BCUT2D eigenvalue weighted by molar-refractivity contribution is 6.32. The smallest absolute Gasteiger partial charge is 0.254 e. The fourth-order valence-corrected chi connectivity index (χ4v) is 6.55. The molecule has 0 spiro atoms. The summed E-state index contributed by atoms with van der Waals surface area (Å²) in [5, 5.41) is 15.8. The van der Waals surface area contributed by atoms with Crippen LogP contribution in [0.2, 0.25) is 5.15 Å². The van der Waals surface area contributed by atoms with E-state index in [0.717, 1.165) is 49.2 Å². The largest absolute Gasteiger partial charge is 0.395 e. The van der Waals surface area contributed by atoms with Gasteiger partial charge in [0.1, 0.15) is 5.15 Å². The Morgan fingerprint density at radius 2 is 1.93 bits per heavy atom. The van der Waals surface area contributed by atoms with Crippen LogP contribution in [0.25, 0.3) is 0 Å². The Morgan fingerprint density at radius 3 is 2.55 bits per heavy atom. The highest BCUT2D eigenvalue weighted by Crippen LogP contribution is 2.59. The van der Waals surface area contributed by atoms with Crippen molar-refractivity contribution in [1.82, 2.24) is 15.6 Å². The number of pyridine rings is 1. The summed E-state index contributed by atoms with van der Waals surface area (Å²) < 4.78 is 0. The maximum atomic E-state index is 12.9. The van der Waals surface area contributed by atoms with E-state index in [2.05, 4.69) is 15.6 Å². The van der Waals surface area contributed by atoms with Gasteiger partial charge in [0.25, 0.3) is 5.91 Å². The SMILES string of the molecule is CC(CO)NCCCc1cnc(Cl)c(C(=O)NCC23CC4CC(CC(C4)C2)C3)c1. The van der Waals surface area contributed by atoms with Crippen molar-refractivity contribution in [3.05, 3.63) is 28.5 Å². The van der Waals surface area contributed by atoms with Crippen LogP contribution in [0.1, 0.15) is 67.8 Å². The Morgan fingerprint density at radius 1 is 1.28 bits per heavy atom. The third-order valence-electron chi connectivity index (χ3n) is 7.34. The third kappa shape index (κ3) is 4.95. The number of aliphatic hydroxyl groups excluding tert-OH is 1. The molecule has 5 nitrogen and oxygen atoms in total. The van der Waals surface area contributed by atoms with Crippen molar-refractivity contribution in [1.29, 1.82) is 0 Å². The van der Waals surface area contributed by atoms with E-state index in [1.54, 1.807) is 6.20 Å². The van der Waals surface area contributed by atoms with Crippen molar-refractivity contribution in [2.45, 2.75) is 64.3 Å². The predicted molar refractivity (Wildman–Crippen MR) is 115 cm³/mol. The molecule has 5 rings (SSSR count). The molecule has 1 unspecified atom stereocenters. The summed E-state index contributed by atoms with van der Waals surface area (Å²) in [4.78, 5) is 17.1. The van der Waals surface area contributed by atoms with E-state index in [4.69, 9.17) is 16.7 Å². The number of nitrogens with zero attached hydrogens (tertiary/aromatic N) is 1. The molecule has 1 heterocycles. The second-order valence-corrected chi connectivity index (χ2v) is 10.3. The van der Waals surface area contributed by atoms with E-state index in [-0.39, 0.29) is 23.7 Å². The summed E-state index contributed by atoms with van der Waals surface area (Å²) in [6, 6.07) is 1.99. The van der Waals surface area contributed by atoms with E-state index >= 15 is 0 Å². The maximum Gasteiger partial charge on any atom is 0.254 e. The zero-order chi connectivity index (χ0) is 20.4. The van der Waals surface area contributed by atoms with E-state index in [9.17, 15) is 4.79 Å². The number of rotatable bonds is 9. The average molecular weight is 420 g/mol. The van der Waals surface area contributed by atoms with Crippen LogP contribution >= 0.6 is 11.6 Å². The highest BCUT2D eigenvalue weighted by Gasteiger charge is 2.50. The minimum atomic E-state index is -0.0906. The molecular formula is C23H34ClN3O2. The number of hydrogen-bond acceptors (Lipinski definition) is 4. The molecule has 1 atom stereocenters. The second-order valence-electron chi connectivity index (χ2n) is 9.92. The lowest BCUT2D eigenvalue weighted by Crippen LogP contribution is -2.51. The topological polar surface area (TPSA) is 74.2 Å². The first-order valence-electron chi connectivity index (χ1n) is 11.2. The normalized spacial score (nSPS) is 31.1. The first-order chi connectivity index (χ1) is 14.0. The van der Waals surface area contributed by atoms with Crippen LogP contribution in [0.5, 0.6) is 0 Å². The Hall–Kier alpha value is -1.17. The molecule has 4 fully saturated rings. The van der Waals surface area contributed by atoms with Crippen molar-refractivity contribution >= 4 is 17.5 Å². The monoisotopic (exact) mass is 419 g/mol. The number of halogens is 1. The van der Waals surface area contributed by atoms with Gasteiger partial charge >= 0.3 is 0 Å². The number of amides is 1. The van der Waals surface area contributed by atoms with Crippen LogP contribution in [-0.4, -0.2) is 41.7 Å². The first kappa shape index (κ1) is 21.1. The lowest BCUT2D eigenvalue weighted by molar-refractivity contribution is -0.0503. The molecule has 4 aliphatic carbocycles. The van der Waals surface area contributed by atoms with E-state index in [0.29, 0.717) is 11.0 Å². The minimum Gasteiger partial charge on any atom is -0.395 e. The lowest BCUT2D eigenvalue weighted by Gasteiger charge is -2.56. The summed E-state index contributed by atoms with van der Waals surface area (Å²) in [6.45, 7) is 3.68. The van der Waals surface area contributed by atoms with Gasteiger partial charge in [0.2, 0.25) is 0 Å². The highest BCUT2D eigenvalue weighted by atomic mass is 35.5. The number of carbonyl (C=O) groups is 1. The van der Waals surface area contributed by atoms with Gasteiger partial charge in [-0.25, -0.2) is 4.98 Å². The van der Waals surface area contributed by atoms with Crippen molar-refractivity contribution in [2.75, 3.05) is 19.7 Å². The molecule has 0 saturated heterocycles. The van der Waals surface area contributed by atoms with Crippen LogP contribution in [0, 0.1) is 23.2 Å². The molecule has 0 aliphatic heterocycles. The number of nitrogens with one attached hydrogen (secondary N) is 2. The van der Waals surface area contributed by atoms with Gasteiger partial charge in [0.15, 0.2) is 0 Å². The fourth-order valence-electron chi connectivity index (χ4n) is 6.36. The maximum absolute atomic E-state index is 12.9. The van der Waals surface area contributed by atoms with Gasteiger partial charge in [-0.1, -0.05) is 11.6 Å². The van der Waals surface area contributed by atoms with Crippen molar-refractivity contribution in [3.63, 3.8) is 0 Å². The van der Waals surface area contributed by atoms with Gasteiger partial charge in [0.05, 0.1) is 12.2 Å². The lowest BCUT2D eigenvalue weighted by atomic mass is 9.49. The first-order valence-corrected chi connectivity index (χ1v) is 11.6. The molecule has 3 N–H and O–H groups in total. The molecule has 1 aromatic heterocycles.